The SMILES string of the molecule is Cc1ccc([C@@H]2CN(C)C[C@H]2NC(=O)N2CCc3[nH]nc(-c4ccncc4)c3C2)cc1. The Hall–Kier alpha value is -3.19. The number of benzene rings is 1. The van der Waals surface area contributed by atoms with Crippen LogP contribution in [0.4, 0.5) is 4.79 Å². The van der Waals surface area contributed by atoms with Gasteiger partial charge in [0.15, 0.2) is 0 Å². The van der Waals surface area contributed by atoms with Crippen molar-refractivity contribution in [2.24, 2.45) is 0 Å². The zero-order chi connectivity index (χ0) is 21.4. The van der Waals surface area contributed by atoms with Crippen molar-refractivity contribution in [3.05, 3.63) is 71.2 Å². The highest BCUT2D eigenvalue weighted by Gasteiger charge is 2.35. The van der Waals surface area contributed by atoms with Crippen molar-refractivity contribution >= 4 is 6.03 Å². The molecular formula is C24H28N6O. The van der Waals surface area contributed by atoms with Gasteiger partial charge in [-0.25, -0.2) is 4.79 Å². The molecule has 0 radical (unpaired) electrons. The number of H-pyrrole nitrogens is 1. The van der Waals surface area contributed by atoms with E-state index in [4.69, 9.17) is 0 Å². The number of likely N-dealkylation sites (tertiary alicyclic amines) is 1. The molecule has 2 N–H and O–H groups in total. The highest BCUT2D eigenvalue weighted by atomic mass is 16.2. The number of aromatic nitrogens is 3. The van der Waals surface area contributed by atoms with Crippen LogP contribution in [0.15, 0.2) is 48.8 Å². The molecule has 2 aliphatic rings. The second kappa shape index (κ2) is 8.15. The van der Waals surface area contributed by atoms with Gasteiger partial charge in [0, 0.05) is 61.2 Å². The molecule has 2 aliphatic heterocycles. The van der Waals surface area contributed by atoms with E-state index in [-0.39, 0.29) is 12.1 Å². The van der Waals surface area contributed by atoms with Crippen molar-refractivity contribution in [3.63, 3.8) is 0 Å². The van der Waals surface area contributed by atoms with Crippen LogP contribution in [0.2, 0.25) is 0 Å². The quantitative estimate of drug-likeness (QED) is 0.688. The molecule has 3 aromatic rings. The Kier molecular flexibility index (Phi) is 5.19. The summed E-state index contributed by atoms with van der Waals surface area (Å²) in [7, 11) is 2.12. The number of fused-ring (bicyclic) bond motifs is 1. The molecule has 7 heteroatoms. The Morgan fingerprint density at radius 2 is 1.90 bits per heavy atom. The molecular weight excluding hydrogens is 388 g/mol. The fraction of sp³-hybridized carbons (Fsp3) is 0.375. The number of carbonyl (C=O) groups excluding carboxylic acids is 1. The van der Waals surface area contributed by atoms with Crippen molar-refractivity contribution < 1.29 is 4.79 Å². The molecule has 31 heavy (non-hydrogen) atoms. The summed E-state index contributed by atoms with van der Waals surface area (Å²) >= 11 is 0. The molecule has 0 aliphatic carbocycles. The third-order valence-corrected chi connectivity index (χ3v) is 6.49. The molecule has 0 spiro atoms. The van der Waals surface area contributed by atoms with Crippen molar-refractivity contribution in [2.75, 3.05) is 26.7 Å². The predicted molar refractivity (Wildman–Crippen MR) is 120 cm³/mol. The van der Waals surface area contributed by atoms with Gasteiger partial charge in [-0.05, 0) is 31.7 Å². The maximum atomic E-state index is 13.2. The summed E-state index contributed by atoms with van der Waals surface area (Å²) in [6.07, 6.45) is 4.32. The minimum absolute atomic E-state index is 0.00457. The molecule has 2 aromatic heterocycles. The summed E-state index contributed by atoms with van der Waals surface area (Å²) in [6, 6.07) is 12.7. The van der Waals surface area contributed by atoms with Crippen LogP contribution in [-0.4, -0.2) is 63.7 Å². The number of pyridine rings is 1. The standard InChI is InChI=1S/C24H28N6O/c1-16-3-5-17(6-4-16)19-13-29(2)15-22(19)26-24(31)30-12-9-21-20(14-30)23(28-27-21)18-7-10-25-11-8-18/h3-8,10-11,19,22H,9,12-15H2,1-2H3,(H,26,31)(H,27,28)/t19-,22+/m0/s1. The fourth-order valence-corrected chi connectivity index (χ4v) is 4.77. The van der Waals surface area contributed by atoms with E-state index in [9.17, 15) is 4.79 Å². The van der Waals surface area contributed by atoms with Gasteiger partial charge in [0.2, 0.25) is 0 Å². The van der Waals surface area contributed by atoms with E-state index in [1.807, 2.05) is 17.0 Å². The van der Waals surface area contributed by atoms with Gasteiger partial charge in [-0.15, -0.1) is 0 Å². The maximum Gasteiger partial charge on any atom is 0.317 e. The summed E-state index contributed by atoms with van der Waals surface area (Å²) in [5.74, 6) is 0.302. The molecule has 4 heterocycles. The van der Waals surface area contributed by atoms with Crippen LogP contribution < -0.4 is 5.32 Å². The molecule has 0 saturated carbocycles. The van der Waals surface area contributed by atoms with Gasteiger partial charge in [0.05, 0.1) is 18.3 Å². The summed E-state index contributed by atoms with van der Waals surface area (Å²) in [5, 5.41) is 11.0. The average molecular weight is 417 g/mol. The van der Waals surface area contributed by atoms with E-state index in [0.29, 0.717) is 19.0 Å². The van der Waals surface area contributed by atoms with Crippen LogP contribution in [0, 0.1) is 6.92 Å². The number of hydrogen-bond donors (Lipinski definition) is 2. The molecule has 1 aromatic carbocycles. The average Bonchev–Trinajstić information content (AvgIpc) is 3.37. The smallest absolute Gasteiger partial charge is 0.317 e. The number of nitrogens with one attached hydrogen (secondary N) is 2. The zero-order valence-electron chi connectivity index (χ0n) is 18.0. The Balaban J connectivity index is 1.31. The third-order valence-electron chi connectivity index (χ3n) is 6.49. The van der Waals surface area contributed by atoms with Crippen molar-refractivity contribution in [1.82, 2.24) is 30.3 Å². The van der Waals surface area contributed by atoms with E-state index >= 15 is 0 Å². The van der Waals surface area contributed by atoms with Crippen LogP contribution in [0.5, 0.6) is 0 Å². The number of aromatic amines is 1. The Bertz CT molecular complexity index is 1060. The Labute approximate surface area is 182 Å². The summed E-state index contributed by atoms with van der Waals surface area (Å²) in [4.78, 5) is 21.5. The maximum absolute atomic E-state index is 13.2. The van der Waals surface area contributed by atoms with Gasteiger partial charge < -0.3 is 15.1 Å². The van der Waals surface area contributed by atoms with Gasteiger partial charge >= 0.3 is 6.03 Å². The summed E-state index contributed by atoms with van der Waals surface area (Å²) in [6.45, 7) is 5.16. The summed E-state index contributed by atoms with van der Waals surface area (Å²) in [5.41, 5.74) is 6.70. The normalized spacial score (nSPS) is 21.2. The molecule has 7 nitrogen and oxygen atoms in total. The first-order valence-corrected chi connectivity index (χ1v) is 10.9. The lowest BCUT2D eigenvalue weighted by Crippen LogP contribution is -2.48. The van der Waals surface area contributed by atoms with Gasteiger partial charge in [-0.2, -0.15) is 5.10 Å². The second-order valence-electron chi connectivity index (χ2n) is 8.73. The monoisotopic (exact) mass is 416 g/mol. The van der Waals surface area contributed by atoms with Crippen LogP contribution in [0.1, 0.15) is 28.3 Å². The first-order chi connectivity index (χ1) is 15.1. The van der Waals surface area contributed by atoms with E-state index in [2.05, 4.69) is 63.6 Å². The molecule has 1 fully saturated rings. The van der Waals surface area contributed by atoms with Crippen LogP contribution in [0.25, 0.3) is 11.3 Å². The molecule has 5 rings (SSSR count). The number of urea groups is 1. The van der Waals surface area contributed by atoms with E-state index < -0.39 is 0 Å². The number of likely N-dealkylation sites (N-methyl/N-ethyl adjacent to an activating group) is 1. The first-order valence-electron chi connectivity index (χ1n) is 10.9. The zero-order valence-corrected chi connectivity index (χ0v) is 18.0. The summed E-state index contributed by atoms with van der Waals surface area (Å²) < 4.78 is 0. The molecule has 160 valence electrons. The van der Waals surface area contributed by atoms with E-state index in [1.54, 1.807) is 12.4 Å². The lowest BCUT2D eigenvalue weighted by atomic mass is 9.93. The van der Waals surface area contributed by atoms with Gasteiger partial charge in [0.25, 0.3) is 0 Å². The largest absolute Gasteiger partial charge is 0.333 e. The third kappa shape index (κ3) is 3.93. The Morgan fingerprint density at radius 3 is 2.68 bits per heavy atom. The highest BCUT2D eigenvalue weighted by molar-refractivity contribution is 5.76. The van der Waals surface area contributed by atoms with Gasteiger partial charge in [0.1, 0.15) is 0 Å². The molecule has 2 atom stereocenters. The number of hydrogen-bond acceptors (Lipinski definition) is 4. The van der Waals surface area contributed by atoms with Crippen LogP contribution in [-0.2, 0) is 13.0 Å². The number of carbonyl (C=O) groups is 1. The van der Waals surface area contributed by atoms with Gasteiger partial charge in [-0.3, -0.25) is 10.1 Å². The molecule has 0 unspecified atom stereocenters. The lowest BCUT2D eigenvalue weighted by molar-refractivity contribution is 0.187. The minimum atomic E-state index is 0.00457. The van der Waals surface area contributed by atoms with Crippen LogP contribution >= 0.6 is 0 Å². The molecule has 1 saturated heterocycles. The van der Waals surface area contributed by atoms with Crippen molar-refractivity contribution in [1.29, 1.82) is 0 Å². The van der Waals surface area contributed by atoms with Crippen molar-refractivity contribution in [3.8, 4) is 11.3 Å². The predicted octanol–water partition coefficient (Wildman–Crippen LogP) is 2.95. The number of rotatable bonds is 3. The fourth-order valence-electron chi connectivity index (χ4n) is 4.77. The molecule has 0 bridgehead atoms. The lowest BCUT2D eigenvalue weighted by Gasteiger charge is -2.30. The Morgan fingerprint density at radius 1 is 1.13 bits per heavy atom. The first kappa shape index (κ1) is 19.8. The van der Waals surface area contributed by atoms with Crippen LogP contribution in [0.3, 0.4) is 0 Å². The number of amides is 2. The highest BCUT2D eigenvalue weighted by Crippen LogP contribution is 2.30. The molecule has 2 amide bonds. The second-order valence-corrected chi connectivity index (χ2v) is 8.73. The minimum Gasteiger partial charge on any atom is -0.333 e. The van der Waals surface area contributed by atoms with Gasteiger partial charge in [-0.1, -0.05) is 29.8 Å². The van der Waals surface area contributed by atoms with E-state index in [1.165, 1.54) is 11.1 Å². The van der Waals surface area contributed by atoms with E-state index in [0.717, 1.165) is 42.0 Å². The number of nitrogens with zero attached hydrogens (tertiary/aromatic N) is 4. The topological polar surface area (TPSA) is 77.2 Å². The van der Waals surface area contributed by atoms with Crippen molar-refractivity contribution in [2.45, 2.75) is 31.8 Å². The number of aryl methyl sites for hydroxylation is 1.